The molecule has 0 aliphatic carbocycles. The van der Waals surface area contributed by atoms with Crippen LogP contribution < -0.4 is 4.90 Å². The second-order valence-corrected chi connectivity index (χ2v) is 5.62. The van der Waals surface area contributed by atoms with Crippen LogP contribution in [-0.4, -0.2) is 18.1 Å². The third kappa shape index (κ3) is 2.27. The molecule has 1 aliphatic heterocycles. The number of hydrogen-bond donors (Lipinski definition) is 0. The maximum atomic E-state index is 4.58. The van der Waals surface area contributed by atoms with Crippen LogP contribution in [0.1, 0.15) is 11.1 Å². The Morgan fingerprint density at radius 3 is 2.67 bits per heavy atom. The lowest BCUT2D eigenvalue weighted by Crippen LogP contribution is -2.23. The largest absolute Gasteiger partial charge is 0.370 e. The van der Waals surface area contributed by atoms with Crippen molar-refractivity contribution in [3.8, 4) is 0 Å². The van der Waals surface area contributed by atoms with Gasteiger partial charge in [-0.1, -0.05) is 48.5 Å². The summed E-state index contributed by atoms with van der Waals surface area (Å²) in [6.45, 7) is 2.18. The molecule has 0 N–H and O–H groups in total. The Morgan fingerprint density at radius 2 is 1.76 bits per heavy atom. The third-order valence-electron chi connectivity index (χ3n) is 4.30. The van der Waals surface area contributed by atoms with Gasteiger partial charge in [0.1, 0.15) is 0 Å². The van der Waals surface area contributed by atoms with Crippen LogP contribution in [0.25, 0.3) is 10.9 Å². The van der Waals surface area contributed by atoms with Gasteiger partial charge in [0.05, 0.1) is 11.2 Å². The maximum Gasteiger partial charge on any atom is 0.0723 e. The lowest BCUT2D eigenvalue weighted by Gasteiger charge is -2.21. The number of aromatic nitrogens is 1. The number of fused-ring (bicyclic) bond motifs is 3. The van der Waals surface area contributed by atoms with Crippen LogP contribution in [0.3, 0.4) is 0 Å². The monoisotopic (exact) mass is 274 g/mol. The summed E-state index contributed by atoms with van der Waals surface area (Å²) in [6.07, 6.45) is 4.26. The highest BCUT2D eigenvalue weighted by Gasteiger charge is 2.21. The molecule has 0 radical (unpaired) electrons. The molecule has 0 fully saturated rings. The van der Waals surface area contributed by atoms with Crippen LogP contribution in [0.5, 0.6) is 0 Å². The average Bonchev–Trinajstić information content (AvgIpc) is 2.97. The fourth-order valence-corrected chi connectivity index (χ4v) is 3.22. The maximum absolute atomic E-state index is 4.58. The standard InChI is InChI=1S/C19H18N2/c1-2-6-15(7-3-1)10-12-21-13-11-16-14-20-18-9-5-4-8-17(18)19(16)21/h1-9,14H,10-13H2. The molecule has 104 valence electrons. The van der Waals surface area contributed by atoms with Gasteiger partial charge in [-0.25, -0.2) is 0 Å². The van der Waals surface area contributed by atoms with Crippen molar-refractivity contribution in [3.63, 3.8) is 0 Å². The van der Waals surface area contributed by atoms with Gasteiger partial charge < -0.3 is 4.90 Å². The van der Waals surface area contributed by atoms with Crippen LogP contribution in [-0.2, 0) is 12.8 Å². The second kappa shape index (κ2) is 5.21. The number of pyridine rings is 1. The SMILES string of the molecule is c1ccc(CCN2CCc3cnc4ccccc4c32)cc1. The summed E-state index contributed by atoms with van der Waals surface area (Å²) in [4.78, 5) is 7.10. The molecule has 2 heterocycles. The van der Waals surface area contributed by atoms with E-state index in [-0.39, 0.29) is 0 Å². The number of benzene rings is 2. The number of para-hydroxylation sites is 1. The zero-order chi connectivity index (χ0) is 14.1. The van der Waals surface area contributed by atoms with Crippen LogP contribution >= 0.6 is 0 Å². The van der Waals surface area contributed by atoms with E-state index in [1.54, 1.807) is 0 Å². The Labute approximate surface area is 125 Å². The molecule has 0 bridgehead atoms. The van der Waals surface area contributed by atoms with Crippen LogP contribution in [0.4, 0.5) is 5.69 Å². The molecule has 2 heteroatoms. The minimum absolute atomic E-state index is 1.07. The molecule has 4 rings (SSSR count). The molecular weight excluding hydrogens is 256 g/mol. The molecule has 3 aromatic rings. The van der Waals surface area contributed by atoms with Gasteiger partial charge in [0.15, 0.2) is 0 Å². The van der Waals surface area contributed by atoms with Crippen molar-refractivity contribution in [1.82, 2.24) is 4.98 Å². The van der Waals surface area contributed by atoms with Crippen molar-refractivity contribution in [1.29, 1.82) is 0 Å². The molecule has 0 unspecified atom stereocenters. The molecule has 0 spiro atoms. The van der Waals surface area contributed by atoms with E-state index in [0.29, 0.717) is 0 Å². The highest BCUT2D eigenvalue weighted by molar-refractivity contribution is 5.94. The van der Waals surface area contributed by atoms with Crippen molar-refractivity contribution in [2.24, 2.45) is 0 Å². The van der Waals surface area contributed by atoms with E-state index >= 15 is 0 Å². The number of hydrogen-bond acceptors (Lipinski definition) is 2. The van der Waals surface area contributed by atoms with Gasteiger partial charge >= 0.3 is 0 Å². The van der Waals surface area contributed by atoms with E-state index < -0.39 is 0 Å². The molecule has 0 saturated heterocycles. The van der Waals surface area contributed by atoms with Gasteiger partial charge in [-0.2, -0.15) is 0 Å². The molecule has 21 heavy (non-hydrogen) atoms. The Kier molecular flexibility index (Phi) is 3.07. The number of nitrogens with zero attached hydrogens (tertiary/aromatic N) is 2. The first-order valence-electron chi connectivity index (χ1n) is 7.57. The summed E-state index contributed by atoms with van der Waals surface area (Å²) in [6, 6.07) is 19.2. The third-order valence-corrected chi connectivity index (χ3v) is 4.30. The van der Waals surface area contributed by atoms with Gasteiger partial charge in [0, 0.05) is 24.7 Å². The molecule has 0 amide bonds. The summed E-state index contributed by atoms with van der Waals surface area (Å²) in [5.74, 6) is 0. The smallest absolute Gasteiger partial charge is 0.0723 e. The van der Waals surface area contributed by atoms with Crippen molar-refractivity contribution < 1.29 is 0 Å². The molecule has 2 aromatic carbocycles. The molecule has 1 aliphatic rings. The Hall–Kier alpha value is -2.35. The van der Waals surface area contributed by atoms with E-state index in [0.717, 1.165) is 31.4 Å². The molecule has 1 aromatic heterocycles. The normalized spacial score (nSPS) is 13.6. The molecule has 0 atom stereocenters. The first-order valence-corrected chi connectivity index (χ1v) is 7.57. The van der Waals surface area contributed by atoms with Gasteiger partial charge in [-0.05, 0) is 30.0 Å². The average molecular weight is 274 g/mol. The van der Waals surface area contributed by atoms with E-state index in [1.165, 1.54) is 22.2 Å². The van der Waals surface area contributed by atoms with E-state index in [9.17, 15) is 0 Å². The molecule has 0 saturated carbocycles. The summed E-state index contributed by atoms with van der Waals surface area (Å²) in [7, 11) is 0. The van der Waals surface area contributed by atoms with Crippen molar-refractivity contribution in [2.75, 3.05) is 18.0 Å². The summed E-state index contributed by atoms with van der Waals surface area (Å²) in [5.41, 5.74) is 5.30. The minimum atomic E-state index is 1.07. The Bertz CT molecular complexity index is 765. The van der Waals surface area contributed by atoms with Gasteiger partial charge in [-0.3, -0.25) is 4.98 Å². The quantitative estimate of drug-likeness (QED) is 0.721. The number of rotatable bonds is 3. The lowest BCUT2D eigenvalue weighted by molar-refractivity contribution is 0.815. The predicted octanol–water partition coefficient (Wildman–Crippen LogP) is 3.84. The fourth-order valence-electron chi connectivity index (χ4n) is 3.22. The Balaban J connectivity index is 1.65. The number of anilines is 1. The highest BCUT2D eigenvalue weighted by Crippen LogP contribution is 2.34. The molecule has 2 nitrogen and oxygen atoms in total. The van der Waals surface area contributed by atoms with Crippen molar-refractivity contribution >= 4 is 16.6 Å². The topological polar surface area (TPSA) is 16.1 Å². The highest BCUT2D eigenvalue weighted by atomic mass is 15.1. The van der Waals surface area contributed by atoms with Crippen LogP contribution in [0.15, 0.2) is 60.8 Å². The zero-order valence-electron chi connectivity index (χ0n) is 12.0. The second-order valence-electron chi connectivity index (χ2n) is 5.62. The van der Waals surface area contributed by atoms with Crippen LogP contribution in [0, 0.1) is 0 Å². The van der Waals surface area contributed by atoms with E-state index in [2.05, 4.69) is 70.7 Å². The van der Waals surface area contributed by atoms with Crippen LogP contribution in [0.2, 0.25) is 0 Å². The Morgan fingerprint density at radius 1 is 0.952 bits per heavy atom. The first kappa shape index (κ1) is 12.4. The summed E-state index contributed by atoms with van der Waals surface area (Å²) < 4.78 is 0. The van der Waals surface area contributed by atoms with E-state index in [1.807, 2.05) is 0 Å². The summed E-state index contributed by atoms with van der Waals surface area (Å²) in [5, 5.41) is 1.29. The van der Waals surface area contributed by atoms with E-state index in [4.69, 9.17) is 0 Å². The van der Waals surface area contributed by atoms with Gasteiger partial charge in [-0.15, -0.1) is 0 Å². The van der Waals surface area contributed by atoms with Crippen molar-refractivity contribution in [3.05, 3.63) is 71.9 Å². The predicted molar refractivity (Wildman–Crippen MR) is 87.8 cm³/mol. The van der Waals surface area contributed by atoms with Gasteiger partial charge in [0.2, 0.25) is 0 Å². The summed E-state index contributed by atoms with van der Waals surface area (Å²) >= 11 is 0. The lowest BCUT2D eigenvalue weighted by atomic mass is 10.1. The fraction of sp³-hybridized carbons (Fsp3) is 0.211. The van der Waals surface area contributed by atoms with Crippen molar-refractivity contribution in [2.45, 2.75) is 12.8 Å². The zero-order valence-corrected chi connectivity index (χ0v) is 12.0. The minimum Gasteiger partial charge on any atom is -0.370 e. The molecular formula is C19H18N2. The first-order chi connectivity index (χ1) is 10.4. The van der Waals surface area contributed by atoms with Gasteiger partial charge in [0.25, 0.3) is 0 Å².